The van der Waals surface area contributed by atoms with Crippen LogP contribution in [0.1, 0.15) is 10.4 Å². The number of ketones is 1. The quantitative estimate of drug-likeness (QED) is 0.580. The van der Waals surface area contributed by atoms with Gasteiger partial charge < -0.3 is 0 Å². The highest BCUT2D eigenvalue weighted by Crippen LogP contribution is 2.33. The number of halogens is 2. The summed E-state index contributed by atoms with van der Waals surface area (Å²) in [4.78, 5) is 13.0. The fourth-order valence-corrected chi connectivity index (χ4v) is 4.89. The Morgan fingerprint density at radius 2 is 2.35 bits per heavy atom. The Balaban J connectivity index is 2.00. The molecule has 0 saturated carbocycles. The van der Waals surface area contributed by atoms with Crippen LogP contribution in [-0.4, -0.2) is 21.3 Å². The van der Waals surface area contributed by atoms with E-state index in [0.717, 1.165) is 18.0 Å². The van der Waals surface area contributed by atoms with E-state index in [9.17, 15) is 4.79 Å². The van der Waals surface area contributed by atoms with Gasteiger partial charge in [-0.3, -0.25) is 9.48 Å². The Bertz CT molecular complexity index is 550. The Kier molecular flexibility index (Phi) is 4.46. The second kappa shape index (κ2) is 5.69. The largest absolute Gasteiger partial charge is 0.293 e. The number of aromatic nitrogens is 2. The van der Waals surface area contributed by atoms with Gasteiger partial charge in [0.2, 0.25) is 0 Å². The number of rotatable bonds is 4. The minimum absolute atomic E-state index is 0.118. The molecule has 2 aromatic heterocycles. The Morgan fingerprint density at radius 3 is 2.88 bits per heavy atom. The van der Waals surface area contributed by atoms with Crippen molar-refractivity contribution in [2.45, 2.75) is 4.90 Å². The molecule has 0 bridgehead atoms. The van der Waals surface area contributed by atoms with E-state index in [2.05, 4.69) is 37.0 Å². The van der Waals surface area contributed by atoms with Crippen LogP contribution in [0.25, 0.3) is 0 Å². The van der Waals surface area contributed by atoms with Crippen LogP contribution in [0.2, 0.25) is 0 Å². The minimum atomic E-state index is 0.118. The molecular weight excluding hydrogens is 388 g/mol. The zero-order valence-corrected chi connectivity index (χ0v) is 13.6. The van der Waals surface area contributed by atoms with Gasteiger partial charge in [-0.2, -0.15) is 5.10 Å². The standard InChI is InChI=1S/C10H8Br2N2OS2/c1-14-4-6(3-13-14)16-5-8(15)7-2-9(11)17-10(7)12/h2-4H,5H2,1H3. The van der Waals surface area contributed by atoms with Crippen molar-refractivity contribution in [1.29, 1.82) is 0 Å². The topological polar surface area (TPSA) is 34.9 Å². The van der Waals surface area contributed by atoms with Crippen LogP contribution in [0.5, 0.6) is 0 Å². The molecule has 0 aromatic carbocycles. The van der Waals surface area contributed by atoms with Crippen molar-refractivity contribution in [3.8, 4) is 0 Å². The van der Waals surface area contributed by atoms with Gasteiger partial charge in [-0.1, -0.05) is 0 Å². The van der Waals surface area contributed by atoms with Crippen molar-refractivity contribution >= 4 is 60.7 Å². The number of thioether (sulfide) groups is 1. The molecule has 0 radical (unpaired) electrons. The summed E-state index contributed by atoms with van der Waals surface area (Å²) in [5.74, 6) is 0.542. The summed E-state index contributed by atoms with van der Waals surface area (Å²) < 4.78 is 3.56. The summed E-state index contributed by atoms with van der Waals surface area (Å²) in [5.41, 5.74) is 0.735. The van der Waals surface area contributed by atoms with Crippen molar-refractivity contribution in [2.24, 2.45) is 7.05 Å². The van der Waals surface area contributed by atoms with Crippen molar-refractivity contribution in [3.63, 3.8) is 0 Å². The average Bonchev–Trinajstić information content (AvgIpc) is 2.81. The van der Waals surface area contributed by atoms with E-state index in [0.29, 0.717) is 5.75 Å². The number of hydrogen-bond acceptors (Lipinski definition) is 4. The van der Waals surface area contributed by atoms with Crippen LogP contribution >= 0.6 is 55.0 Å². The van der Waals surface area contributed by atoms with Crippen molar-refractivity contribution < 1.29 is 4.79 Å². The summed E-state index contributed by atoms with van der Waals surface area (Å²) in [6.45, 7) is 0. The second-order valence-corrected chi connectivity index (χ2v) is 8.10. The van der Waals surface area contributed by atoms with Gasteiger partial charge in [0.25, 0.3) is 0 Å². The molecule has 0 spiro atoms. The zero-order chi connectivity index (χ0) is 12.4. The van der Waals surface area contributed by atoms with Crippen LogP contribution in [0.3, 0.4) is 0 Å². The van der Waals surface area contributed by atoms with Gasteiger partial charge in [0.15, 0.2) is 5.78 Å². The molecule has 0 aliphatic heterocycles. The van der Waals surface area contributed by atoms with Crippen LogP contribution < -0.4 is 0 Å². The maximum absolute atomic E-state index is 12.0. The molecule has 3 nitrogen and oxygen atoms in total. The lowest BCUT2D eigenvalue weighted by molar-refractivity contribution is 0.102. The lowest BCUT2D eigenvalue weighted by atomic mass is 10.2. The van der Waals surface area contributed by atoms with Gasteiger partial charge in [0.1, 0.15) is 0 Å². The summed E-state index contributed by atoms with van der Waals surface area (Å²) >= 11 is 9.76. The third-order valence-corrected chi connectivity index (χ3v) is 5.30. The number of hydrogen-bond donors (Lipinski definition) is 0. The molecular formula is C10H8Br2N2OS2. The predicted molar refractivity (Wildman–Crippen MR) is 78.0 cm³/mol. The van der Waals surface area contributed by atoms with E-state index < -0.39 is 0 Å². The number of carbonyl (C=O) groups is 1. The van der Waals surface area contributed by atoms with Gasteiger partial charge in [0, 0.05) is 23.7 Å². The molecule has 0 fully saturated rings. The van der Waals surface area contributed by atoms with Gasteiger partial charge in [-0.05, 0) is 37.9 Å². The summed E-state index contributed by atoms with van der Waals surface area (Å²) in [6.07, 6.45) is 3.66. The number of Topliss-reactive ketones (excluding diaryl/α,β-unsaturated/α-hetero) is 1. The lowest BCUT2D eigenvalue weighted by Gasteiger charge is -1.97. The van der Waals surface area contributed by atoms with E-state index in [4.69, 9.17) is 0 Å². The number of nitrogens with zero attached hydrogens (tertiary/aromatic N) is 2. The molecule has 7 heteroatoms. The molecule has 17 heavy (non-hydrogen) atoms. The van der Waals surface area contributed by atoms with Crippen LogP contribution in [-0.2, 0) is 7.05 Å². The highest BCUT2D eigenvalue weighted by atomic mass is 79.9. The summed E-state index contributed by atoms with van der Waals surface area (Å²) in [7, 11) is 1.86. The lowest BCUT2D eigenvalue weighted by Crippen LogP contribution is -2.00. The van der Waals surface area contributed by atoms with E-state index in [1.54, 1.807) is 10.9 Å². The number of carbonyl (C=O) groups excluding carboxylic acids is 1. The summed E-state index contributed by atoms with van der Waals surface area (Å²) in [5, 5.41) is 4.06. The van der Waals surface area contributed by atoms with Gasteiger partial charge >= 0.3 is 0 Å². The summed E-state index contributed by atoms with van der Waals surface area (Å²) in [6, 6.07) is 1.85. The molecule has 0 atom stereocenters. The smallest absolute Gasteiger partial charge is 0.175 e. The molecule has 0 amide bonds. The fourth-order valence-electron chi connectivity index (χ4n) is 1.23. The number of aryl methyl sites for hydroxylation is 1. The molecule has 0 aliphatic carbocycles. The molecule has 2 heterocycles. The van der Waals surface area contributed by atoms with Crippen LogP contribution in [0.4, 0.5) is 0 Å². The third-order valence-electron chi connectivity index (χ3n) is 2.01. The first-order chi connectivity index (χ1) is 8.06. The Labute approximate surface area is 124 Å². The first kappa shape index (κ1) is 13.3. The zero-order valence-electron chi connectivity index (χ0n) is 8.81. The van der Waals surface area contributed by atoms with E-state index in [-0.39, 0.29) is 5.78 Å². The van der Waals surface area contributed by atoms with Gasteiger partial charge in [-0.15, -0.1) is 23.1 Å². The Morgan fingerprint density at radius 1 is 1.59 bits per heavy atom. The SMILES string of the molecule is Cn1cc(SCC(=O)c2cc(Br)sc2Br)cn1. The fraction of sp³-hybridized carbons (Fsp3) is 0.200. The second-order valence-electron chi connectivity index (χ2n) is 3.30. The molecule has 2 rings (SSSR count). The maximum Gasteiger partial charge on any atom is 0.175 e. The molecule has 0 unspecified atom stereocenters. The van der Waals surface area contributed by atoms with Gasteiger partial charge in [-0.25, -0.2) is 0 Å². The molecule has 0 saturated heterocycles. The van der Waals surface area contributed by atoms with E-state index >= 15 is 0 Å². The average molecular weight is 396 g/mol. The molecule has 90 valence electrons. The number of thiophene rings is 1. The van der Waals surface area contributed by atoms with E-state index in [1.807, 2.05) is 19.3 Å². The highest BCUT2D eigenvalue weighted by Gasteiger charge is 2.14. The third kappa shape index (κ3) is 3.43. The monoisotopic (exact) mass is 394 g/mol. The minimum Gasteiger partial charge on any atom is -0.293 e. The van der Waals surface area contributed by atoms with Crippen molar-refractivity contribution in [2.75, 3.05) is 5.75 Å². The predicted octanol–water partition coefficient (Wildman–Crippen LogP) is 3.98. The molecule has 0 N–H and O–H groups in total. The first-order valence-corrected chi connectivity index (χ1v) is 8.04. The first-order valence-electron chi connectivity index (χ1n) is 4.66. The Hall–Kier alpha value is -0.110. The van der Waals surface area contributed by atoms with Gasteiger partial charge in [0.05, 0.1) is 19.5 Å². The molecule has 0 aliphatic rings. The van der Waals surface area contributed by atoms with Crippen LogP contribution in [0.15, 0.2) is 30.9 Å². The van der Waals surface area contributed by atoms with Crippen molar-refractivity contribution in [1.82, 2.24) is 9.78 Å². The molecule has 2 aromatic rings. The maximum atomic E-state index is 12.0. The van der Waals surface area contributed by atoms with Crippen LogP contribution in [0, 0.1) is 0 Å². The van der Waals surface area contributed by atoms with Crippen molar-refractivity contribution in [3.05, 3.63) is 31.6 Å². The normalized spacial score (nSPS) is 10.8. The highest BCUT2D eigenvalue weighted by molar-refractivity contribution is 9.12. The van der Waals surface area contributed by atoms with E-state index in [1.165, 1.54) is 23.1 Å².